The lowest BCUT2D eigenvalue weighted by atomic mass is 10.2. The van der Waals surface area contributed by atoms with Crippen molar-refractivity contribution in [1.29, 1.82) is 0 Å². The first-order chi connectivity index (χ1) is 9.08. The van der Waals surface area contributed by atoms with Gasteiger partial charge in [0, 0.05) is 5.02 Å². The van der Waals surface area contributed by atoms with E-state index in [1.807, 2.05) is 0 Å². The summed E-state index contributed by atoms with van der Waals surface area (Å²) < 4.78 is 6.45. The third-order valence-corrected chi connectivity index (χ3v) is 3.17. The van der Waals surface area contributed by atoms with Crippen LogP contribution in [0.3, 0.4) is 0 Å². The Morgan fingerprint density at radius 3 is 2.53 bits per heavy atom. The van der Waals surface area contributed by atoms with E-state index in [9.17, 15) is 4.79 Å². The average Bonchev–Trinajstić information content (AvgIpc) is 2.78. The van der Waals surface area contributed by atoms with E-state index in [2.05, 4.69) is 10.3 Å². The summed E-state index contributed by atoms with van der Waals surface area (Å²) in [5, 5.41) is 9.13. The molecule has 5 nitrogen and oxygen atoms in total. The van der Waals surface area contributed by atoms with E-state index in [-0.39, 0.29) is 5.56 Å². The summed E-state index contributed by atoms with van der Waals surface area (Å²) >= 11 is 5.84. The zero-order chi connectivity index (χ0) is 13.6. The van der Waals surface area contributed by atoms with E-state index in [0.29, 0.717) is 33.1 Å². The van der Waals surface area contributed by atoms with Crippen LogP contribution in [0.5, 0.6) is 0 Å². The van der Waals surface area contributed by atoms with Crippen LogP contribution in [-0.2, 0) is 0 Å². The van der Waals surface area contributed by atoms with E-state index >= 15 is 0 Å². The van der Waals surface area contributed by atoms with Gasteiger partial charge in [-0.05, 0) is 38.1 Å². The van der Waals surface area contributed by atoms with Gasteiger partial charge in [-0.15, -0.1) is 0 Å². The summed E-state index contributed by atoms with van der Waals surface area (Å²) in [5.41, 5.74) is 2.02. The lowest BCUT2D eigenvalue weighted by Crippen LogP contribution is -2.22. The van der Waals surface area contributed by atoms with Gasteiger partial charge in [-0.25, -0.2) is 0 Å². The molecular weight excluding hydrogens is 266 g/mol. The van der Waals surface area contributed by atoms with Gasteiger partial charge in [0.15, 0.2) is 5.58 Å². The minimum absolute atomic E-state index is 0.248. The van der Waals surface area contributed by atoms with Crippen molar-refractivity contribution in [2.45, 2.75) is 13.8 Å². The standard InChI is InChI=1S/C13H10ClN3O2/c1-7-11-12(19-16-7)8(2)15-17(13(11)18)10-5-3-9(14)4-6-10/h3-6H,1-2H3. The zero-order valence-corrected chi connectivity index (χ0v) is 11.1. The van der Waals surface area contributed by atoms with Crippen molar-refractivity contribution >= 4 is 22.6 Å². The quantitative estimate of drug-likeness (QED) is 0.685. The third kappa shape index (κ3) is 1.82. The van der Waals surface area contributed by atoms with Crippen LogP contribution in [0.4, 0.5) is 0 Å². The monoisotopic (exact) mass is 275 g/mol. The minimum atomic E-state index is -0.248. The molecule has 0 saturated heterocycles. The Morgan fingerprint density at radius 1 is 1.16 bits per heavy atom. The number of nitrogens with zero attached hydrogens (tertiary/aromatic N) is 3. The van der Waals surface area contributed by atoms with Gasteiger partial charge in [0.05, 0.1) is 11.4 Å². The molecule has 0 saturated carbocycles. The summed E-state index contributed by atoms with van der Waals surface area (Å²) in [7, 11) is 0. The molecule has 6 heteroatoms. The lowest BCUT2D eigenvalue weighted by molar-refractivity contribution is 0.447. The molecule has 3 rings (SSSR count). The van der Waals surface area contributed by atoms with E-state index in [4.69, 9.17) is 16.1 Å². The molecule has 0 atom stereocenters. The molecule has 0 unspecified atom stereocenters. The molecule has 0 N–H and O–H groups in total. The van der Waals surface area contributed by atoms with Crippen molar-refractivity contribution < 1.29 is 4.52 Å². The Labute approximate surface area is 113 Å². The van der Waals surface area contributed by atoms with Crippen LogP contribution >= 0.6 is 11.6 Å². The molecule has 1 aromatic carbocycles. The molecule has 96 valence electrons. The number of aryl methyl sites for hydroxylation is 2. The first kappa shape index (κ1) is 11.9. The molecule has 0 aliphatic carbocycles. The van der Waals surface area contributed by atoms with Crippen molar-refractivity contribution in [2.24, 2.45) is 0 Å². The molecule has 0 radical (unpaired) electrons. The molecule has 2 aromatic heterocycles. The van der Waals surface area contributed by atoms with Gasteiger partial charge in [0.1, 0.15) is 11.1 Å². The van der Waals surface area contributed by atoms with E-state index in [1.165, 1.54) is 4.68 Å². The number of rotatable bonds is 1. The largest absolute Gasteiger partial charge is 0.354 e. The Balaban J connectivity index is 2.36. The molecule has 3 aromatic rings. The number of fused-ring (bicyclic) bond motifs is 1. The molecule has 0 amide bonds. The summed E-state index contributed by atoms with van der Waals surface area (Å²) in [5.74, 6) is 0. The van der Waals surface area contributed by atoms with Gasteiger partial charge in [0.25, 0.3) is 5.56 Å². The summed E-state index contributed by atoms with van der Waals surface area (Å²) in [6, 6.07) is 6.91. The highest BCUT2D eigenvalue weighted by molar-refractivity contribution is 6.30. The van der Waals surface area contributed by atoms with Crippen LogP contribution < -0.4 is 5.56 Å². The van der Waals surface area contributed by atoms with Crippen molar-refractivity contribution in [3.63, 3.8) is 0 Å². The third-order valence-electron chi connectivity index (χ3n) is 2.92. The van der Waals surface area contributed by atoms with Gasteiger partial charge in [0.2, 0.25) is 0 Å². The Morgan fingerprint density at radius 2 is 1.84 bits per heavy atom. The summed E-state index contributed by atoms with van der Waals surface area (Å²) in [6.45, 7) is 3.51. The first-order valence-corrected chi connectivity index (χ1v) is 6.07. The van der Waals surface area contributed by atoms with E-state index in [1.54, 1.807) is 38.1 Å². The van der Waals surface area contributed by atoms with Crippen LogP contribution in [-0.4, -0.2) is 14.9 Å². The Kier molecular flexibility index (Phi) is 2.64. The zero-order valence-electron chi connectivity index (χ0n) is 10.3. The second kappa shape index (κ2) is 4.20. The lowest BCUT2D eigenvalue weighted by Gasteiger charge is -2.05. The van der Waals surface area contributed by atoms with Gasteiger partial charge >= 0.3 is 0 Å². The smallest absolute Gasteiger partial charge is 0.284 e. The fourth-order valence-electron chi connectivity index (χ4n) is 1.97. The fraction of sp³-hybridized carbons (Fsp3) is 0.154. The van der Waals surface area contributed by atoms with Gasteiger partial charge in [-0.1, -0.05) is 16.8 Å². The highest BCUT2D eigenvalue weighted by Gasteiger charge is 2.16. The van der Waals surface area contributed by atoms with Crippen molar-refractivity contribution in [1.82, 2.24) is 14.9 Å². The second-order valence-corrected chi connectivity index (χ2v) is 4.69. The van der Waals surface area contributed by atoms with Crippen molar-refractivity contribution in [3.8, 4) is 5.69 Å². The number of aromatic nitrogens is 3. The van der Waals surface area contributed by atoms with Crippen molar-refractivity contribution in [2.75, 3.05) is 0 Å². The molecule has 0 aliphatic rings. The molecule has 2 heterocycles. The molecule has 19 heavy (non-hydrogen) atoms. The van der Waals surface area contributed by atoms with E-state index in [0.717, 1.165) is 0 Å². The maximum absolute atomic E-state index is 12.4. The first-order valence-electron chi connectivity index (χ1n) is 5.70. The fourth-order valence-corrected chi connectivity index (χ4v) is 2.10. The molecule has 0 bridgehead atoms. The second-order valence-electron chi connectivity index (χ2n) is 4.25. The Bertz CT molecular complexity index is 818. The predicted octanol–water partition coefficient (Wildman–Crippen LogP) is 2.64. The maximum atomic E-state index is 12.4. The molecular formula is C13H10ClN3O2. The van der Waals surface area contributed by atoms with Crippen LogP contribution in [0.15, 0.2) is 33.6 Å². The van der Waals surface area contributed by atoms with E-state index < -0.39 is 0 Å². The molecule has 0 fully saturated rings. The van der Waals surface area contributed by atoms with Gasteiger partial charge < -0.3 is 4.52 Å². The van der Waals surface area contributed by atoms with Crippen LogP contribution in [0.25, 0.3) is 16.7 Å². The average molecular weight is 276 g/mol. The highest BCUT2D eigenvalue weighted by Crippen LogP contribution is 2.18. The van der Waals surface area contributed by atoms with Crippen LogP contribution in [0.2, 0.25) is 5.02 Å². The summed E-state index contributed by atoms with van der Waals surface area (Å²) in [4.78, 5) is 12.4. The normalized spacial score (nSPS) is 11.1. The number of hydrogen-bond donors (Lipinski definition) is 0. The summed E-state index contributed by atoms with van der Waals surface area (Å²) in [6.07, 6.45) is 0. The van der Waals surface area contributed by atoms with Crippen LogP contribution in [0, 0.1) is 13.8 Å². The van der Waals surface area contributed by atoms with Gasteiger partial charge in [-0.3, -0.25) is 4.79 Å². The topological polar surface area (TPSA) is 60.9 Å². The van der Waals surface area contributed by atoms with Gasteiger partial charge in [-0.2, -0.15) is 9.78 Å². The molecule has 0 aliphatic heterocycles. The number of benzene rings is 1. The molecule has 0 spiro atoms. The maximum Gasteiger partial charge on any atom is 0.284 e. The van der Waals surface area contributed by atoms with Crippen LogP contribution in [0.1, 0.15) is 11.4 Å². The number of hydrogen-bond acceptors (Lipinski definition) is 4. The Hall–Kier alpha value is -2.14. The predicted molar refractivity (Wildman–Crippen MR) is 71.9 cm³/mol. The minimum Gasteiger partial charge on any atom is -0.354 e. The SMILES string of the molecule is Cc1nn(-c2ccc(Cl)cc2)c(=O)c2c(C)noc12. The number of halogens is 1. The van der Waals surface area contributed by atoms with Crippen molar-refractivity contribution in [3.05, 3.63) is 51.0 Å². The highest BCUT2D eigenvalue weighted by atomic mass is 35.5.